The number of ketones is 1. The second-order valence-electron chi connectivity index (χ2n) is 6.04. The third-order valence-corrected chi connectivity index (χ3v) is 4.96. The van der Waals surface area contributed by atoms with Crippen molar-refractivity contribution in [3.8, 4) is 0 Å². The molecular formula is C14H20O5. The van der Waals surface area contributed by atoms with Crippen molar-refractivity contribution >= 4 is 5.78 Å². The Morgan fingerprint density at radius 1 is 1.16 bits per heavy atom. The lowest BCUT2D eigenvalue weighted by molar-refractivity contribution is -0.315. The van der Waals surface area contributed by atoms with Gasteiger partial charge in [-0.05, 0) is 12.8 Å². The monoisotopic (exact) mass is 268 g/mol. The maximum atomic E-state index is 12.2. The van der Waals surface area contributed by atoms with Gasteiger partial charge in [0, 0.05) is 24.7 Å². The Bertz CT molecular complexity index is 376. The Kier molecular flexibility index (Phi) is 2.92. The number of fused-ring (bicyclic) bond motifs is 3. The molecule has 1 spiro atoms. The van der Waals surface area contributed by atoms with Gasteiger partial charge >= 0.3 is 0 Å². The average molecular weight is 268 g/mol. The molecule has 0 radical (unpaired) electrons. The molecule has 4 fully saturated rings. The van der Waals surface area contributed by atoms with Crippen LogP contribution in [-0.4, -0.2) is 43.8 Å². The second kappa shape index (κ2) is 4.52. The van der Waals surface area contributed by atoms with Gasteiger partial charge in [0.05, 0.1) is 25.9 Å². The summed E-state index contributed by atoms with van der Waals surface area (Å²) < 4.78 is 23.2. The van der Waals surface area contributed by atoms with Crippen molar-refractivity contribution in [3.63, 3.8) is 0 Å². The van der Waals surface area contributed by atoms with E-state index in [1.165, 1.54) is 0 Å². The lowest BCUT2D eigenvalue weighted by atomic mass is 9.73. The highest BCUT2D eigenvalue weighted by Crippen LogP contribution is 2.47. The average Bonchev–Trinajstić information content (AvgIpc) is 3.03. The van der Waals surface area contributed by atoms with Crippen molar-refractivity contribution in [2.24, 2.45) is 11.8 Å². The smallest absolute Gasteiger partial charge is 0.221 e. The van der Waals surface area contributed by atoms with E-state index in [0.717, 1.165) is 25.7 Å². The van der Waals surface area contributed by atoms with Crippen molar-refractivity contribution in [3.05, 3.63) is 0 Å². The van der Waals surface area contributed by atoms with Gasteiger partial charge < -0.3 is 18.9 Å². The normalized spacial score (nSPS) is 44.9. The van der Waals surface area contributed by atoms with E-state index < -0.39 is 12.1 Å². The number of Topliss-reactive ketones (excluding diaryl/α,β-unsaturated/α-hetero) is 1. The molecule has 0 aromatic carbocycles. The van der Waals surface area contributed by atoms with E-state index in [1.54, 1.807) is 0 Å². The maximum Gasteiger partial charge on any atom is 0.221 e. The van der Waals surface area contributed by atoms with Gasteiger partial charge in [0.1, 0.15) is 5.78 Å². The summed E-state index contributed by atoms with van der Waals surface area (Å²) in [6, 6.07) is 0. The highest BCUT2D eigenvalue weighted by Gasteiger charge is 2.59. The molecule has 1 aliphatic carbocycles. The predicted octanol–water partition coefficient (Wildman–Crippen LogP) is 1.25. The minimum atomic E-state index is -0.755. The van der Waals surface area contributed by atoms with Crippen molar-refractivity contribution in [1.82, 2.24) is 0 Å². The molecule has 4 rings (SSSR count). The van der Waals surface area contributed by atoms with E-state index in [-0.39, 0.29) is 17.9 Å². The molecule has 4 atom stereocenters. The van der Waals surface area contributed by atoms with Crippen LogP contribution in [0.15, 0.2) is 0 Å². The van der Waals surface area contributed by atoms with Crippen LogP contribution < -0.4 is 0 Å². The third-order valence-electron chi connectivity index (χ3n) is 4.96. The van der Waals surface area contributed by atoms with Gasteiger partial charge in [0.25, 0.3) is 0 Å². The molecule has 3 saturated heterocycles. The van der Waals surface area contributed by atoms with Crippen LogP contribution in [0.4, 0.5) is 0 Å². The number of hydrogen-bond donors (Lipinski definition) is 0. The number of rotatable bonds is 1. The molecule has 0 amide bonds. The predicted molar refractivity (Wildman–Crippen MR) is 64.3 cm³/mol. The van der Waals surface area contributed by atoms with Crippen molar-refractivity contribution in [2.45, 2.75) is 50.3 Å². The van der Waals surface area contributed by atoms with Gasteiger partial charge in [0.15, 0.2) is 0 Å². The van der Waals surface area contributed by atoms with Crippen LogP contribution in [0, 0.1) is 11.8 Å². The summed E-state index contributed by atoms with van der Waals surface area (Å²) in [5, 5.41) is 0. The summed E-state index contributed by atoms with van der Waals surface area (Å²) in [7, 11) is 0. The van der Waals surface area contributed by atoms with Crippen LogP contribution in [-0.2, 0) is 23.7 Å². The fraction of sp³-hybridized carbons (Fsp3) is 0.929. The molecule has 106 valence electrons. The molecular weight excluding hydrogens is 248 g/mol. The number of carbonyl (C=O) groups is 1. The summed E-state index contributed by atoms with van der Waals surface area (Å²) in [6.45, 7) is 1.73. The second-order valence-corrected chi connectivity index (χ2v) is 6.04. The third kappa shape index (κ3) is 1.87. The van der Waals surface area contributed by atoms with Crippen LogP contribution in [0.3, 0.4) is 0 Å². The Hall–Kier alpha value is -0.490. The maximum absolute atomic E-state index is 12.2. The lowest BCUT2D eigenvalue weighted by Gasteiger charge is -2.42. The molecule has 3 heterocycles. The van der Waals surface area contributed by atoms with Crippen molar-refractivity contribution < 1.29 is 23.7 Å². The fourth-order valence-electron chi connectivity index (χ4n) is 4.02. The summed E-state index contributed by atoms with van der Waals surface area (Å²) in [5.74, 6) is -0.0795. The minimum absolute atomic E-state index is 0.0375. The SMILES string of the molecule is O=C1CCCC[C@@H]1[C@H]1CC2(OCCO2)[C@@H]2OC[C@H]1O2. The number of ether oxygens (including phenoxy) is 4. The van der Waals surface area contributed by atoms with Crippen LogP contribution in [0.25, 0.3) is 0 Å². The number of carbonyl (C=O) groups excluding carboxylic acids is 1. The van der Waals surface area contributed by atoms with Gasteiger partial charge in [-0.3, -0.25) is 4.79 Å². The summed E-state index contributed by atoms with van der Waals surface area (Å²) in [5.41, 5.74) is 0. The molecule has 0 aromatic heterocycles. The Labute approximate surface area is 112 Å². The van der Waals surface area contributed by atoms with Crippen molar-refractivity contribution in [1.29, 1.82) is 0 Å². The molecule has 4 aliphatic rings. The highest BCUT2D eigenvalue weighted by molar-refractivity contribution is 5.82. The zero-order valence-electron chi connectivity index (χ0n) is 11.0. The highest BCUT2D eigenvalue weighted by atomic mass is 16.8. The van der Waals surface area contributed by atoms with E-state index in [1.807, 2.05) is 0 Å². The molecule has 0 N–H and O–H groups in total. The zero-order chi connectivity index (χ0) is 12.9. The van der Waals surface area contributed by atoms with Gasteiger partial charge in [0.2, 0.25) is 12.1 Å². The van der Waals surface area contributed by atoms with E-state index in [9.17, 15) is 4.79 Å². The molecule has 5 nitrogen and oxygen atoms in total. The molecule has 3 aliphatic heterocycles. The van der Waals surface area contributed by atoms with E-state index in [4.69, 9.17) is 18.9 Å². The summed E-state index contributed by atoms with van der Waals surface area (Å²) in [6.07, 6.45) is 4.23. The quantitative estimate of drug-likeness (QED) is 0.716. The van der Waals surface area contributed by atoms with E-state index in [2.05, 4.69) is 0 Å². The summed E-state index contributed by atoms with van der Waals surface area (Å²) >= 11 is 0. The van der Waals surface area contributed by atoms with Crippen LogP contribution in [0.5, 0.6) is 0 Å². The van der Waals surface area contributed by atoms with Crippen LogP contribution in [0.1, 0.15) is 32.1 Å². The first kappa shape index (κ1) is 12.3. The standard InChI is InChI=1S/C14H20O5/c15-11-4-2-1-3-9(11)10-7-14(17-5-6-18-14)13-16-8-12(10)19-13/h9-10,12-13H,1-8H2/t9-,10-,12-,13-/m1/s1. The first-order valence-corrected chi connectivity index (χ1v) is 7.36. The molecule has 0 unspecified atom stereocenters. The first-order chi connectivity index (χ1) is 9.28. The summed E-state index contributed by atoms with van der Waals surface area (Å²) in [4.78, 5) is 12.2. The largest absolute Gasteiger partial charge is 0.345 e. The fourth-order valence-corrected chi connectivity index (χ4v) is 4.02. The van der Waals surface area contributed by atoms with E-state index in [0.29, 0.717) is 32.0 Å². The lowest BCUT2D eigenvalue weighted by Crippen LogP contribution is -2.53. The zero-order valence-corrected chi connectivity index (χ0v) is 11.0. The first-order valence-electron chi connectivity index (χ1n) is 7.36. The Morgan fingerprint density at radius 3 is 2.79 bits per heavy atom. The molecule has 5 heteroatoms. The van der Waals surface area contributed by atoms with Crippen LogP contribution in [0.2, 0.25) is 0 Å². The molecule has 1 saturated carbocycles. The topological polar surface area (TPSA) is 54.0 Å². The van der Waals surface area contributed by atoms with Gasteiger partial charge in [-0.2, -0.15) is 0 Å². The molecule has 19 heavy (non-hydrogen) atoms. The minimum Gasteiger partial charge on any atom is -0.345 e. The van der Waals surface area contributed by atoms with Gasteiger partial charge in [-0.1, -0.05) is 6.42 Å². The Balaban J connectivity index is 1.59. The number of hydrogen-bond acceptors (Lipinski definition) is 5. The Morgan fingerprint density at radius 2 is 2.00 bits per heavy atom. The molecule has 0 aromatic rings. The molecule has 2 bridgehead atoms. The van der Waals surface area contributed by atoms with Gasteiger partial charge in [-0.25, -0.2) is 0 Å². The van der Waals surface area contributed by atoms with Crippen LogP contribution >= 0.6 is 0 Å². The van der Waals surface area contributed by atoms with Gasteiger partial charge in [-0.15, -0.1) is 0 Å². The van der Waals surface area contributed by atoms with Crippen molar-refractivity contribution in [2.75, 3.05) is 19.8 Å². The van der Waals surface area contributed by atoms with E-state index >= 15 is 0 Å².